The molecule has 106 valence electrons. The van der Waals surface area contributed by atoms with Gasteiger partial charge in [-0.3, -0.25) is 0 Å². The minimum Gasteiger partial charge on any atom is -0.368 e. The Hall–Kier alpha value is -1.75. The number of thioether (sulfide) groups is 1. The number of nitrogens with two attached hydrogens (primary N) is 1. The average molecular weight is 288 g/mol. The molecule has 0 unspecified atom stereocenters. The third-order valence-corrected chi connectivity index (χ3v) is 4.07. The van der Waals surface area contributed by atoms with Gasteiger partial charge in [0.1, 0.15) is 0 Å². The van der Waals surface area contributed by atoms with Gasteiger partial charge in [-0.1, -0.05) is 26.0 Å². The largest absolute Gasteiger partial charge is 0.368 e. The van der Waals surface area contributed by atoms with E-state index in [1.165, 1.54) is 4.90 Å². The Kier molecular flexibility index (Phi) is 4.84. The van der Waals surface area contributed by atoms with Crippen LogP contribution in [0.3, 0.4) is 0 Å². The number of nitrogens with zero attached hydrogens (tertiary/aromatic N) is 3. The maximum Gasteiger partial charge on any atom is 0.221 e. The van der Waals surface area contributed by atoms with Gasteiger partial charge in [0.25, 0.3) is 0 Å². The van der Waals surface area contributed by atoms with E-state index in [-0.39, 0.29) is 0 Å². The zero-order valence-corrected chi connectivity index (χ0v) is 12.9. The molecular formula is C15H20N4S. The topological polar surface area (TPSA) is 56.2 Å². The van der Waals surface area contributed by atoms with Crippen molar-refractivity contribution in [2.24, 2.45) is 11.0 Å². The fourth-order valence-corrected chi connectivity index (χ4v) is 2.49. The number of nitrogen functional groups attached to an aromatic ring is 1. The lowest BCUT2D eigenvalue weighted by Gasteiger charge is -2.04. The molecule has 4 nitrogen and oxygen atoms in total. The Bertz CT molecular complexity index is 584. The highest BCUT2D eigenvalue weighted by Gasteiger charge is 1.99. The Morgan fingerprint density at radius 2 is 2.05 bits per heavy atom. The predicted octanol–water partition coefficient (Wildman–Crippen LogP) is 3.40. The molecule has 0 amide bonds. The molecule has 5 heteroatoms. The van der Waals surface area contributed by atoms with Gasteiger partial charge in [0.2, 0.25) is 5.95 Å². The molecule has 1 aromatic heterocycles. The first-order valence-electron chi connectivity index (χ1n) is 6.63. The molecule has 1 aromatic carbocycles. The summed E-state index contributed by atoms with van der Waals surface area (Å²) in [6, 6.07) is 8.37. The third-order valence-electron chi connectivity index (χ3n) is 2.63. The molecule has 0 atom stereocenters. The van der Waals surface area contributed by atoms with Crippen LogP contribution < -0.4 is 5.73 Å². The van der Waals surface area contributed by atoms with Crippen molar-refractivity contribution in [1.29, 1.82) is 0 Å². The van der Waals surface area contributed by atoms with Crippen molar-refractivity contribution in [1.82, 2.24) is 9.66 Å². The van der Waals surface area contributed by atoms with Gasteiger partial charge in [-0.15, -0.1) is 11.8 Å². The molecule has 2 rings (SSSR count). The highest BCUT2D eigenvalue weighted by molar-refractivity contribution is 7.99. The summed E-state index contributed by atoms with van der Waals surface area (Å²) in [6.45, 7) is 6.35. The zero-order valence-electron chi connectivity index (χ0n) is 12.1. The lowest BCUT2D eigenvalue weighted by Crippen LogP contribution is -1.97. The molecule has 0 aliphatic heterocycles. The van der Waals surface area contributed by atoms with Gasteiger partial charge < -0.3 is 5.73 Å². The van der Waals surface area contributed by atoms with Gasteiger partial charge in [-0.25, -0.2) is 9.66 Å². The van der Waals surface area contributed by atoms with Gasteiger partial charge in [-0.2, -0.15) is 5.10 Å². The van der Waals surface area contributed by atoms with Crippen LogP contribution >= 0.6 is 11.8 Å². The SMILES string of the molecule is Cc1cn(N=Cc2ccc(SCC(C)C)cc2)c(N)n1. The summed E-state index contributed by atoms with van der Waals surface area (Å²) in [5.74, 6) is 2.25. The smallest absolute Gasteiger partial charge is 0.221 e. The van der Waals surface area contributed by atoms with Gasteiger partial charge in [0, 0.05) is 10.6 Å². The van der Waals surface area contributed by atoms with E-state index in [4.69, 9.17) is 5.73 Å². The van der Waals surface area contributed by atoms with E-state index in [1.807, 2.05) is 18.7 Å². The van der Waals surface area contributed by atoms with Gasteiger partial charge in [-0.05, 0) is 30.5 Å². The van der Waals surface area contributed by atoms with Crippen LogP contribution in [0.25, 0.3) is 0 Å². The zero-order chi connectivity index (χ0) is 14.5. The fraction of sp³-hybridized carbons (Fsp3) is 0.333. The number of rotatable bonds is 5. The molecule has 0 bridgehead atoms. The standard InChI is InChI=1S/C15H20N4S/c1-11(2)10-20-14-6-4-13(5-7-14)8-17-19-9-12(3)18-15(19)16/h4-9,11H,10H2,1-3H3,(H2,16,18). The molecule has 0 saturated heterocycles. The summed E-state index contributed by atoms with van der Waals surface area (Å²) in [7, 11) is 0. The Morgan fingerprint density at radius 3 is 2.60 bits per heavy atom. The summed E-state index contributed by atoms with van der Waals surface area (Å²) in [6.07, 6.45) is 3.59. The van der Waals surface area contributed by atoms with Crippen molar-refractivity contribution < 1.29 is 0 Å². The number of benzene rings is 1. The second kappa shape index (κ2) is 6.61. The van der Waals surface area contributed by atoms with E-state index in [2.05, 4.69) is 48.2 Å². The average Bonchev–Trinajstić information content (AvgIpc) is 2.73. The number of hydrogen-bond donors (Lipinski definition) is 1. The van der Waals surface area contributed by atoms with Crippen LogP contribution in [0.15, 0.2) is 40.5 Å². The minimum absolute atomic E-state index is 0.405. The van der Waals surface area contributed by atoms with Crippen LogP contribution in [-0.4, -0.2) is 21.6 Å². The third kappa shape index (κ3) is 4.13. The first kappa shape index (κ1) is 14.7. The molecule has 0 saturated carbocycles. The predicted molar refractivity (Wildman–Crippen MR) is 86.4 cm³/mol. The van der Waals surface area contributed by atoms with Crippen molar-refractivity contribution in [2.45, 2.75) is 25.7 Å². The Labute approximate surface area is 124 Å². The summed E-state index contributed by atoms with van der Waals surface area (Å²) in [4.78, 5) is 5.39. The van der Waals surface area contributed by atoms with Crippen LogP contribution in [0.1, 0.15) is 25.1 Å². The van der Waals surface area contributed by atoms with E-state index in [0.717, 1.165) is 17.0 Å². The molecule has 0 aliphatic rings. The maximum atomic E-state index is 5.73. The highest BCUT2D eigenvalue weighted by atomic mass is 32.2. The lowest BCUT2D eigenvalue weighted by molar-refractivity contribution is 0.750. The minimum atomic E-state index is 0.405. The van der Waals surface area contributed by atoms with Crippen LogP contribution in [0, 0.1) is 12.8 Å². The molecular weight excluding hydrogens is 268 g/mol. The summed E-state index contributed by atoms with van der Waals surface area (Å²) < 4.78 is 1.58. The second-order valence-electron chi connectivity index (χ2n) is 5.10. The van der Waals surface area contributed by atoms with E-state index in [0.29, 0.717) is 11.9 Å². The number of imidazole rings is 1. The summed E-state index contributed by atoms with van der Waals surface area (Å²) in [5, 5.41) is 4.30. The summed E-state index contributed by atoms with van der Waals surface area (Å²) >= 11 is 1.88. The quantitative estimate of drug-likeness (QED) is 0.677. The first-order chi connectivity index (χ1) is 9.54. The lowest BCUT2D eigenvalue weighted by atomic mass is 10.2. The molecule has 20 heavy (non-hydrogen) atoms. The van der Waals surface area contributed by atoms with E-state index in [9.17, 15) is 0 Å². The number of aryl methyl sites for hydroxylation is 1. The molecule has 2 N–H and O–H groups in total. The number of aromatic nitrogens is 2. The molecule has 0 spiro atoms. The first-order valence-corrected chi connectivity index (χ1v) is 7.62. The number of anilines is 1. The Balaban J connectivity index is 2.01. The van der Waals surface area contributed by atoms with Crippen molar-refractivity contribution in [3.8, 4) is 0 Å². The van der Waals surface area contributed by atoms with E-state index in [1.54, 1.807) is 17.1 Å². The fourth-order valence-electron chi connectivity index (χ4n) is 1.64. The van der Waals surface area contributed by atoms with E-state index >= 15 is 0 Å². The van der Waals surface area contributed by atoms with Crippen LogP contribution in [-0.2, 0) is 0 Å². The van der Waals surface area contributed by atoms with Crippen LogP contribution in [0.5, 0.6) is 0 Å². The van der Waals surface area contributed by atoms with Crippen molar-refractivity contribution in [3.05, 3.63) is 41.7 Å². The van der Waals surface area contributed by atoms with Crippen molar-refractivity contribution in [2.75, 3.05) is 11.5 Å². The molecule has 0 aliphatic carbocycles. The second-order valence-corrected chi connectivity index (χ2v) is 6.20. The highest BCUT2D eigenvalue weighted by Crippen LogP contribution is 2.20. The van der Waals surface area contributed by atoms with Gasteiger partial charge >= 0.3 is 0 Å². The molecule has 2 aromatic rings. The van der Waals surface area contributed by atoms with Crippen molar-refractivity contribution in [3.63, 3.8) is 0 Å². The monoisotopic (exact) mass is 288 g/mol. The van der Waals surface area contributed by atoms with Crippen LogP contribution in [0.2, 0.25) is 0 Å². The van der Waals surface area contributed by atoms with E-state index < -0.39 is 0 Å². The number of hydrogen-bond acceptors (Lipinski definition) is 4. The normalized spacial score (nSPS) is 11.6. The maximum absolute atomic E-state index is 5.73. The summed E-state index contributed by atoms with van der Waals surface area (Å²) in [5.41, 5.74) is 7.64. The van der Waals surface area contributed by atoms with Gasteiger partial charge in [0.15, 0.2) is 0 Å². The van der Waals surface area contributed by atoms with Gasteiger partial charge in [0.05, 0.1) is 18.1 Å². The Morgan fingerprint density at radius 1 is 1.35 bits per heavy atom. The van der Waals surface area contributed by atoms with Crippen molar-refractivity contribution >= 4 is 23.9 Å². The van der Waals surface area contributed by atoms with Crippen LogP contribution in [0.4, 0.5) is 5.95 Å². The molecule has 1 heterocycles. The molecule has 0 radical (unpaired) electrons. The molecule has 0 fully saturated rings.